The van der Waals surface area contributed by atoms with Crippen LogP contribution in [-0.4, -0.2) is 37.5 Å². The van der Waals surface area contributed by atoms with Crippen molar-refractivity contribution in [1.29, 1.82) is 0 Å². The van der Waals surface area contributed by atoms with Crippen molar-refractivity contribution < 1.29 is 9.53 Å². The summed E-state index contributed by atoms with van der Waals surface area (Å²) < 4.78 is 7.54. The van der Waals surface area contributed by atoms with Crippen LogP contribution >= 0.6 is 23.1 Å². The monoisotopic (exact) mass is 493 g/mol. The van der Waals surface area contributed by atoms with Crippen molar-refractivity contribution in [3.8, 4) is 0 Å². The van der Waals surface area contributed by atoms with E-state index in [1.807, 2.05) is 79.9 Å². The van der Waals surface area contributed by atoms with Gasteiger partial charge >= 0.3 is 5.97 Å². The molecule has 34 heavy (non-hydrogen) atoms. The Morgan fingerprint density at radius 1 is 1.18 bits per heavy atom. The summed E-state index contributed by atoms with van der Waals surface area (Å²) in [6, 6.07) is 15.3. The number of thioether (sulfide) groups is 1. The summed E-state index contributed by atoms with van der Waals surface area (Å²) in [5.41, 5.74) is 3.65. The van der Waals surface area contributed by atoms with Crippen LogP contribution in [0, 0.1) is 0 Å². The van der Waals surface area contributed by atoms with Crippen molar-refractivity contribution in [2.24, 2.45) is 4.99 Å². The molecular formula is C26H27N3O3S2. The summed E-state index contributed by atoms with van der Waals surface area (Å²) in [4.78, 5) is 34.9. The molecule has 2 aromatic carbocycles. The number of nitrogens with zero attached hydrogens (tertiary/aromatic N) is 3. The Bertz CT molecular complexity index is 1420. The fourth-order valence-electron chi connectivity index (χ4n) is 3.91. The number of ether oxygens (including phenoxy) is 1. The number of benzene rings is 2. The summed E-state index contributed by atoms with van der Waals surface area (Å²) in [5.74, 6) is -0.448. The quantitative estimate of drug-likeness (QED) is 0.388. The molecule has 0 bridgehead atoms. The van der Waals surface area contributed by atoms with Crippen LogP contribution in [0.5, 0.6) is 0 Å². The second-order valence-corrected chi connectivity index (χ2v) is 9.95. The van der Waals surface area contributed by atoms with Crippen molar-refractivity contribution >= 4 is 40.8 Å². The Kier molecular flexibility index (Phi) is 7.09. The predicted molar refractivity (Wildman–Crippen MR) is 139 cm³/mol. The average Bonchev–Trinajstić information content (AvgIpc) is 3.13. The van der Waals surface area contributed by atoms with Gasteiger partial charge in [0.15, 0.2) is 4.80 Å². The lowest BCUT2D eigenvalue weighted by atomic mass is 9.96. The van der Waals surface area contributed by atoms with E-state index in [0.717, 1.165) is 21.7 Å². The maximum Gasteiger partial charge on any atom is 0.338 e. The van der Waals surface area contributed by atoms with Crippen molar-refractivity contribution in [3.63, 3.8) is 0 Å². The first kappa shape index (κ1) is 24.0. The van der Waals surface area contributed by atoms with Gasteiger partial charge in [-0.15, -0.1) is 11.8 Å². The Morgan fingerprint density at radius 2 is 1.85 bits per heavy atom. The third-order valence-corrected chi connectivity index (χ3v) is 7.38. The van der Waals surface area contributed by atoms with Gasteiger partial charge in [-0.1, -0.05) is 35.6 Å². The molecule has 176 valence electrons. The molecule has 6 nitrogen and oxygen atoms in total. The number of thiazole rings is 1. The molecule has 0 saturated carbocycles. The number of allylic oxidation sites excluding steroid dienone is 1. The molecule has 0 amide bonds. The molecule has 0 aliphatic carbocycles. The standard InChI is InChI=1S/C26H27N3O3S2/c1-6-32-25(31)22-16(2)27-26-29(23(22)18-9-13-20(33-5)14-10-18)24(30)21(34-26)15-17-7-11-19(12-8-17)28(3)4/h7-15,23H,6H2,1-5H3/b21-15+. The second kappa shape index (κ2) is 10.0. The topological polar surface area (TPSA) is 63.9 Å². The molecule has 0 N–H and O–H groups in total. The zero-order chi connectivity index (χ0) is 24.4. The smallest absolute Gasteiger partial charge is 0.338 e. The van der Waals surface area contributed by atoms with Crippen LogP contribution in [0.3, 0.4) is 0 Å². The van der Waals surface area contributed by atoms with Gasteiger partial charge < -0.3 is 9.64 Å². The average molecular weight is 494 g/mol. The van der Waals surface area contributed by atoms with Gasteiger partial charge in [0, 0.05) is 24.7 Å². The Hall–Kier alpha value is -3.10. The third kappa shape index (κ3) is 4.60. The number of rotatable bonds is 6. The predicted octanol–water partition coefficient (Wildman–Crippen LogP) is 3.59. The van der Waals surface area contributed by atoms with Crippen LogP contribution in [0.25, 0.3) is 6.08 Å². The van der Waals surface area contributed by atoms with Crippen LogP contribution in [0.4, 0.5) is 5.69 Å². The summed E-state index contributed by atoms with van der Waals surface area (Å²) in [6.45, 7) is 3.82. The molecule has 1 atom stereocenters. The maximum absolute atomic E-state index is 13.6. The Labute approximate surface area is 206 Å². The highest BCUT2D eigenvalue weighted by Gasteiger charge is 2.33. The number of anilines is 1. The van der Waals surface area contributed by atoms with Gasteiger partial charge in [-0.3, -0.25) is 9.36 Å². The third-order valence-electron chi connectivity index (χ3n) is 5.66. The minimum absolute atomic E-state index is 0.173. The van der Waals surface area contributed by atoms with E-state index >= 15 is 0 Å². The number of aromatic nitrogens is 1. The summed E-state index contributed by atoms with van der Waals surface area (Å²) in [5, 5.41) is 0. The molecule has 3 aromatic rings. The molecule has 2 heterocycles. The minimum atomic E-state index is -0.593. The zero-order valence-electron chi connectivity index (χ0n) is 19.9. The molecule has 4 rings (SSSR count). The second-order valence-electron chi connectivity index (χ2n) is 8.06. The molecule has 0 fully saturated rings. The molecule has 0 radical (unpaired) electrons. The zero-order valence-corrected chi connectivity index (χ0v) is 21.5. The normalized spacial score (nSPS) is 15.7. The maximum atomic E-state index is 13.6. The van der Waals surface area contributed by atoms with E-state index in [-0.39, 0.29) is 12.2 Å². The van der Waals surface area contributed by atoms with Gasteiger partial charge in [-0.2, -0.15) is 0 Å². The van der Waals surface area contributed by atoms with Crippen molar-refractivity contribution in [3.05, 3.63) is 90.6 Å². The first-order valence-electron chi connectivity index (χ1n) is 10.9. The number of fused-ring (bicyclic) bond motifs is 1. The lowest BCUT2D eigenvalue weighted by molar-refractivity contribution is -0.139. The van der Waals surface area contributed by atoms with Crippen LogP contribution in [0.15, 0.2) is 74.5 Å². The SMILES string of the molecule is CCOC(=O)C1=C(C)N=c2s/c(=C/c3ccc(N(C)C)cc3)c(=O)n2C1c1ccc(SC)cc1. The molecule has 8 heteroatoms. The molecule has 1 aromatic heterocycles. The van der Waals surface area contributed by atoms with E-state index in [1.165, 1.54) is 11.3 Å². The highest BCUT2D eigenvalue weighted by atomic mass is 32.2. The Balaban J connectivity index is 1.89. The molecular weight excluding hydrogens is 466 g/mol. The largest absolute Gasteiger partial charge is 0.463 e. The minimum Gasteiger partial charge on any atom is -0.463 e. The fraction of sp³-hybridized carbons (Fsp3) is 0.269. The lowest BCUT2D eigenvalue weighted by Crippen LogP contribution is -2.39. The van der Waals surface area contributed by atoms with E-state index in [4.69, 9.17) is 4.74 Å². The van der Waals surface area contributed by atoms with Gasteiger partial charge in [0.2, 0.25) is 0 Å². The Morgan fingerprint density at radius 3 is 2.44 bits per heavy atom. The van der Waals surface area contributed by atoms with E-state index in [0.29, 0.717) is 20.6 Å². The van der Waals surface area contributed by atoms with Gasteiger partial charge in [-0.25, -0.2) is 9.79 Å². The van der Waals surface area contributed by atoms with Gasteiger partial charge in [0.05, 0.1) is 28.5 Å². The molecule has 0 spiro atoms. The summed E-state index contributed by atoms with van der Waals surface area (Å²) in [7, 11) is 3.98. The van der Waals surface area contributed by atoms with E-state index in [9.17, 15) is 9.59 Å². The van der Waals surface area contributed by atoms with E-state index < -0.39 is 12.0 Å². The summed E-state index contributed by atoms with van der Waals surface area (Å²) in [6.07, 6.45) is 3.89. The lowest BCUT2D eigenvalue weighted by Gasteiger charge is -2.24. The molecule has 0 saturated heterocycles. The first-order valence-corrected chi connectivity index (χ1v) is 13.0. The van der Waals surface area contributed by atoms with Crippen molar-refractivity contribution in [2.45, 2.75) is 24.8 Å². The number of carbonyl (C=O) groups excluding carboxylic acids is 1. The van der Waals surface area contributed by atoms with Crippen molar-refractivity contribution in [1.82, 2.24) is 4.57 Å². The number of hydrogen-bond donors (Lipinski definition) is 0. The van der Waals surface area contributed by atoms with E-state index in [1.54, 1.807) is 30.2 Å². The molecule has 1 aliphatic heterocycles. The highest BCUT2D eigenvalue weighted by Crippen LogP contribution is 2.31. The van der Waals surface area contributed by atoms with Crippen LogP contribution in [-0.2, 0) is 9.53 Å². The van der Waals surface area contributed by atoms with Gasteiger partial charge in [0.25, 0.3) is 5.56 Å². The van der Waals surface area contributed by atoms with Gasteiger partial charge in [-0.05, 0) is 61.6 Å². The van der Waals surface area contributed by atoms with Crippen LogP contribution < -0.4 is 19.8 Å². The van der Waals surface area contributed by atoms with Gasteiger partial charge in [0.1, 0.15) is 0 Å². The summed E-state index contributed by atoms with van der Waals surface area (Å²) >= 11 is 2.97. The molecule has 1 aliphatic rings. The van der Waals surface area contributed by atoms with Crippen molar-refractivity contribution in [2.75, 3.05) is 31.9 Å². The molecule has 1 unspecified atom stereocenters. The van der Waals surface area contributed by atoms with Crippen LogP contribution in [0.1, 0.15) is 31.0 Å². The fourth-order valence-corrected chi connectivity index (χ4v) is 5.37. The van der Waals surface area contributed by atoms with E-state index in [2.05, 4.69) is 4.99 Å². The first-order chi connectivity index (χ1) is 16.3. The number of carbonyl (C=O) groups is 1. The number of hydrogen-bond acceptors (Lipinski definition) is 7. The highest BCUT2D eigenvalue weighted by molar-refractivity contribution is 7.98. The van der Waals surface area contributed by atoms with Crippen LogP contribution in [0.2, 0.25) is 0 Å². The number of esters is 1.